The minimum Gasteiger partial charge on any atom is -0.396 e. The van der Waals surface area contributed by atoms with Gasteiger partial charge >= 0.3 is 7.82 Å². The Labute approximate surface area is 105 Å². The van der Waals surface area contributed by atoms with E-state index in [1.165, 1.54) is 0 Å². The molecular weight excluding hydrogens is 267 g/mol. The zero-order valence-corrected chi connectivity index (χ0v) is 10.9. The van der Waals surface area contributed by atoms with Gasteiger partial charge in [-0.1, -0.05) is 0 Å². The van der Waals surface area contributed by atoms with E-state index in [1.807, 2.05) is 0 Å². The van der Waals surface area contributed by atoms with E-state index in [9.17, 15) is 9.46 Å². The molecule has 7 N–H and O–H groups in total. The third-order valence-electron chi connectivity index (χ3n) is 2.32. The lowest BCUT2D eigenvalue weighted by molar-refractivity contribution is -0.0135. The zero-order chi connectivity index (χ0) is 14.1. The topological polar surface area (TPSA) is 154 Å². The van der Waals surface area contributed by atoms with Crippen LogP contribution in [0.25, 0.3) is 0 Å². The van der Waals surface area contributed by atoms with Crippen LogP contribution in [-0.4, -0.2) is 59.7 Å². The molecule has 9 nitrogen and oxygen atoms in total. The normalized spacial score (nSPS) is 15.6. The van der Waals surface area contributed by atoms with Crippen LogP contribution in [0.2, 0.25) is 0 Å². The molecule has 0 radical (unpaired) electrons. The van der Waals surface area contributed by atoms with Gasteiger partial charge in [-0.2, -0.15) is 10.1 Å². The maximum atomic E-state index is 11.3. The van der Waals surface area contributed by atoms with Gasteiger partial charge in [0, 0.05) is 18.5 Å². The molecule has 0 bridgehead atoms. The van der Waals surface area contributed by atoms with E-state index in [-0.39, 0.29) is 26.1 Å². The van der Waals surface area contributed by atoms with Gasteiger partial charge in [-0.15, -0.1) is 0 Å². The van der Waals surface area contributed by atoms with Crippen molar-refractivity contribution in [1.82, 2.24) is 5.48 Å². The molecule has 0 saturated heterocycles. The van der Waals surface area contributed by atoms with Crippen molar-refractivity contribution >= 4 is 7.82 Å². The smallest absolute Gasteiger partial charge is 0.396 e. The first kappa shape index (κ1) is 17.9. The van der Waals surface area contributed by atoms with E-state index >= 15 is 0 Å². The number of hydrogen-bond donors (Lipinski definition) is 6. The number of rotatable bonds is 11. The molecule has 0 fully saturated rings. The van der Waals surface area contributed by atoms with Crippen molar-refractivity contribution in [3.63, 3.8) is 0 Å². The Kier molecular flexibility index (Phi) is 8.87. The molecule has 0 aromatic heterocycles. The van der Waals surface area contributed by atoms with E-state index in [0.29, 0.717) is 0 Å². The second kappa shape index (κ2) is 8.92. The molecule has 0 aliphatic heterocycles. The van der Waals surface area contributed by atoms with Crippen LogP contribution in [0.15, 0.2) is 0 Å². The minimum absolute atomic E-state index is 0.00129. The number of hydroxylamine groups is 1. The van der Waals surface area contributed by atoms with Crippen LogP contribution in [0.3, 0.4) is 0 Å². The Balaban J connectivity index is 4.04. The van der Waals surface area contributed by atoms with Gasteiger partial charge in [-0.3, -0.25) is 4.52 Å². The summed E-state index contributed by atoms with van der Waals surface area (Å²) < 4.78 is 20.2. The molecule has 1 atom stereocenters. The molecule has 0 aliphatic carbocycles. The Morgan fingerprint density at radius 1 is 1.22 bits per heavy atom. The van der Waals surface area contributed by atoms with Crippen LogP contribution < -0.4 is 11.2 Å². The van der Waals surface area contributed by atoms with Gasteiger partial charge in [0.15, 0.2) is 0 Å². The van der Waals surface area contributed by atoms with Crippen molar-refractivity contribution in [2.75, 3.05) is 39.5 Å². The quantitative estimate of drug-likeness (QED) is 0.143. The average molecular weight is 288 g/mol. The minimum atomic E-state index is -4.25. The maximum Gasteiger partial charge on any atom is 0.488 e. The van der Waals surface area contributed by atoms with E-state index in [2.05, 4.69) is 14.6 Å². The number of aliphatic hydroxyl groups is 3. The first-order valence-electron chi connectivity index (χ1n) is 5.37. The number of phosphoric acid groups is 1. The molecule has 0 aromatic rings. The van der Waals surface area contributed by atoms with Crippen LogP contribution >= 0.6 is 7.82 Å². The number of phosphoric ester groups is 1. The molecular formula is C8H21N2O7P. The van der Waals surface area contributed by atoms with Crippen molar-refractivity contribution in [3.8, 4) is 0 Å². The SMILES string of the molecule is NCCNOP(=O)(O)OCCC(CO)(CO)CO. The number of hydrogen-bond acceptors (Lipinski definition) is 8. The van der Waals surface area contributed by atoms with Gasteiger partial charge in [-0.05, 0) is 6.42 Å². The molecule has 0 amide bonds. The number of nitrogens with one attached hydrogen (secondary N) is 1. The highest BCUT2D eigenvalue weighted by atomic mass is 31.2. The first-order valence-corrected chi connectivity index (χ1v) is 6.86. The summed E-state index contributed by atoms with van der Waals surface area (Å²) in [5.41, 5.74) is 6.14. The van der Waals surface area contributed by atoms with Crippen molar-refractivity contribution < 1.29 is 33.9 Å². The van der Waals surface area contributed by atoms with Gasteiger partial charge in [0.25, 0.3) is 0 Å². The summed E-state index contributed by atoms with van der Waals surface area (Å²) >= 11 is 0. The van der Waals surface area contributed by atoms with Gasteiger partial charge in [0.05, 0.1) is 26.4 Å². The van der Waals surface area contributed by atoms with Gasteiger partial charge in [-0.25, -0.2) is 4.57 Å². The summed E-state index contributed by atoms with van der Waals surface area (Å²) in [6.45, 7) is -1.26. The van der Waals surface area contributed by atoms with E-state index < -0.39 is 33.1 Å². The monoisotopic (exact) mass is 288 g/mol. The summed E-state index contributed by atoms with van der Waals surface area (Å²) in [7, 11) is -4.25. The summed E-state index contributed by atoms with van der Waals surface area (Å²) in [5.74, 6) is 0. The zero-order valence-electron chi connectivity index (χ0n) is 9.99. The summed E-state index contributed by atoms with van der Waals surface area (Å²) in [5, 5.41) is 27.0. The fraction of sp³-hybridized carbons (Fsp3) is 1.00. The van der Waals surface area contributed by atoms with Crippen molar-refractivity contribution in [2.24, 2.45) is 11.1 Å². The van der Waals surface area contributed by atoms with Gasteiger partial charge in [0.1, 0.15) is 0 Å². The third-order valence-corrected chi connectivity index (χ3v) is 3.19. The number of aliphatic hydroxyl groups excluding tert-OH is 3. The van der Waals surface area contributed by atoms with Crippen LogP contribution in [0, 0.1) is 5.41 Å². The van der Waals surface area contributed by atoms with E-state index in [0.717, 1.165) is 0 Å². The summed E-state index contributed by atoms with van der Waals surface area (Å²) in [6.07, 6.45) is 0.00129. The fourth-order valence-electron chi connectivity index (χ4n) is 0.977. The Hall–Kier alpha value is -0.0900. The maximum absolute atomic E-state index is 11.3. The van der Waals surface area contributed by atoms with E-state index in [4.69, 9.17) is 21.1 Å². The Morgan fingerprint density at radius 3 is 2.22 bits per heavy atom. The van der Waals surface area contributed by atoms with E-state index in [1.54, 1.807) is 0 Å². The first-order chi connectivity index (χ1) is 8.45. The number of nitrogens with two attached hydrogens (primary N) is 1. The molecule has 0 rings (SSSR count). The van der Waals surface area contributed by atoms with Crippen LogP contribution in [-0.2, 0) is 13.7 Å². The third kappa shape index (κ3) is 6.74. The highest BCUT2D eigenvalue weighted by Crippen LogP contribution is 2.42. The summed E-state index contributed by atoms with van der Waals surface area (Å²) in [6, 6.07) is 0. The van der Waals surface area contributed by atoms with Gasteiger partial charge in [0.2, 0.25) is 0 Å². The molecule has 0 saturated carbocycles. The Morgan fingerprint density at radius 2 is 1.78 bits per heavy atom. The largest absolute Gasteiger partial charge is 0.488 e. The molecule has 110 valence electrons. The van der Waals surface area contributed by atoms with Crippen molar-refractivity contribution in [3.05, 3.63) is 0 Å². The standard InChI is InChI=1S/C8H21N2O7P/c9-2-3-10-17-18(14,15)16-4-1-8(5-11,6-12)7-13/h10-13H,1-7,9H2,(H,14,15). The lowest BCUT2D eigenvalue weighted by Gasteiger charge is -2.27. The summed E-state index contributed by atoms with van der Waals surface area (Å²) in [4.78, 5) is 9.18. The highest BCUT2D eigenvalue weighted by Gasteiger charge is 2.30. The molecule has 0 heterocycles. The fourth-order valence-corrected chi connectivity index (χ4v) is 1.61. The molecule has 0 aromatic carbocycles. The second-order valence-electron chi connectivity index (χ2n) is 3.80. The van der Waals surface area contributed by atoms with Crippen LogP contribution in [0.4, 0.5) is 0 Å². The van der Waals surface area contributed by atoms with Crippen molar-refractivity contribution in [2.45, 2.75) is 6.42 Å². The van der Waals surface area contributed by atoms with Crippen LogP contribution in [0.1, 0.15) is 6.42 Å². The predicted octanol–water partition coefficient (Wildman–Crippen LogP) is -2.06. The Bertz CT molecular complexity index is 254. The molecule has 10 heteroatoms. The lowest BCUT2D eigenvalue weighted by Crippen LogP contribution is -2.35. The highest BCUT2D eigenvalue weighted by molar-refractivity contribution is 7.47. The molecule has 18 heavy (non-hydrogen) atoms. The molecule has 0 spiro atoms. The van der Waals surface area contributed by atoms with Gasteiger partial charge < -0.3 is 25.9 Å². The second-order valence-corrected chi connectivity index (χ2v) is 5.18. The van der Waals surface area contributed by atoms with Crippen LogP contribution in [0.5, 0.6) is 0 Å². The lowest BCUT2D eigenvalue weighted by atomic mass is 9.88. The molecule has 1 unspecified atom stereocenters. The predicted molar refractivity (Wildman–Crippen MR) is 62.2 cm³/mol. The molecule has 0 aliphatic rings. The average Bonchev–Trinajstić information content (AvgIpc) is 2.35. The van der Waals surface area contributed by atoms with Crippen molar-refractivity contribution in [1.29, 1.82) is 0 Å².